The first-order chi connectivity index (χ1) is 12.1. The van der Waals surface area contributed by atoms with Gasteiger partial charge in [-0.1, -0.05) is 41.7 Å². The van der Waals surface area contributed by atoms with Gasteiger partial charge in [-0.05, 0) is 34.6 Å². The van der Waals surface area contributed by atoms with E-state index in [2.05, 4.69) is 9.98 Å². The summed E-state index contributed by atoms with van der Waals surface area (Å²) in [6.07, 6.45) is 3.82. The largest absolute Gasteiger partial charge is 0.493 e. The molecule has 2 aromatic carbocycles. The smallest absolute Gasteiger partial charge is 0.307 e. The molecule has 0 saturated heterocycles. The number of halogens is 1. The van der Waals surface area contributed by atoms with Crippen LogP contribution < -0.4 is 15.3 Å². The number of H-pyrrole nitrogens is 1. The van der Waals surface area contributed by atoms with Gasteiger partial charge in [0.05, 0.1) is 10.6 Å². The number of rotatable bonds is 3. The molecule has 1 aliphatic heterocycles. The first-order valence-electron chi connectivity index (χ1n) is 7.66. The molecule has 4 nitrogen and oxygen atoms in total. The molecule has 124 valence electrons. The van der Waals surface area contributed by atoms with Gasteiger partial charge in [0.25, 0.3) is 0 Å². The van der Waals surface area contributed by atoms with Crippen LogP contribution in [-0.2, 0) is 6.42 Å². The summed E-state index contributed by atoms with van der Waals surface area (Å²) < 4.78 is 14.2. The molecule has 6 heteroatoms. The van der Waals surface area contributed by atoms with Gasteiger partial charge in [0.15, 0.2) is 0 Å². The number of hydrogen-bond donors (Lipinski definition) is 2. The molecular weight excluding hydrogens is 339 g/mol. The minimum atomic E-state index is -0.355. The average molecular weight is 352 g/mol. The van der Waals surface area contributed by atoms with Gasteiger partial charge in [-0.3, -0.25) is 14.8 Å². The molecule has 0 amide bonds. The van der Waals surface area contributed by atoms with Gasteiger partial charge in [0.2, 0.25) is 5.88 Å². The van der Waals surface area contributed by atoms with Gasteiger partial charge in [0.1, 0.15) is 5.82 Å². The van der Waals surface area contributed by atoms with E-state index in [9.17, 15) is 14.3 Å². The molecule has 0 bridgehead atoms. The quantitative estimate of drug-likeness (QED) is 0.759. The van der Waals surface area contributed by atoms with Gasteiger partial charge in [-0.25, -0.2) is 4.39 Å². The van der Waals surface area contributed by atoms with Crippen molar-refractivity contribution >= 4 is 34.9 Å². The Morgan fingerprint density at radius 1 is 1.20 bits per heavy atom. The Morgan fingerprint density at radius 3 is 2.80 bits per heavy atom. The molecule has 1 aromatic heterocycles. The number of nitrogens with one attached hydrogen (secondary N) is 1. The second-order valence-corrected chi connectivity index (χ2v) is 6.61. The van der Waals surface area contributed by atoms with Crippen LogP contribution in [0.25, 0.3) is 11.6 Å². The van der Waals surface area contributed by atoms with Crippen molar-refractivity contribution in [3.8, 4) is 5.88 Å². The number of thiazole rings is 1. The highest BCUT2D eigenvalue weighted by Gasteiger charge is 2.16. The first-order valence-corrected chi connectivity index (χ1v) is 8.47. The predicted octanol–water partition coefficient (Wildman–Crippen LogP) is 2.22. The Labute approximate surface area is 145 Å². The van der Waals surface area contributed by atoms with Crippen LogP contribution in [0.2, 0.25) is 0 Å². The van der Waals surface area contributed by atoms with E-state index in [1.165, 1.54) is 6.07 Å². The lowest BCUT2D eigenvalue weighted by Gasteiger charge is -2.08. The topological polar surface area (TPSA) is 65.5 Å². The molecular formula is C19H13FN2O2S. The maximum absolute atomic E-state index is 14.2. The van der Waals surface area contributed by atoms with Gasteiger partial charge in [-0.15, -0.1) is 0 Å². The molecule has 4 rings (SSSR count). The third-order valence-corrected chi connectivity index (χ3v) is 5.02. The van der Waals surface area contributed by atoms with Gasteiger partial charge in [0, 0.05) is 17.9 Å². The van der Waals surface area contributed by atoms with Crippen molar-refractivity contribution in [2.45, 2.75) is 6.42 Å². The number of aromatic hydroxyl groups is 1. The molecule has 0 saturated carbocycles. The summed E-state index contributed by atoms with van der Waals surface area (Å²) >= 11 is 0.913. The van der Waals surface area contributed by atoms with Crippen LogP contribution >= 0.6 is 11.3 Å². The van der Waals surface area contributed by atoms with Gasteiger partial charge >= 0.3 is 4.87 Å². The highest BCUT2D eigenvalue weighted by molar-refractivity contribution is 7.10. The fourth-order valence-electron chi connectivity index (χ4n) is 2.95. The number of hydrogen-bond acceptors (Lipinski definition) is 4. The van der Waals surface area contributed by atoms with Crippen molar-refractivity contribution in [3.63, 3.8) is 0 Å². The summed E-state index contributed by atoms with van der Waals surface area (Å²) in [5, 5.41) is 11.9. The van der Waals surface area contributed by atoms with Crippen LogP contribution in [0.5, 0.6) is 5.88 Å². The van der Waals surface area contributed by atoms with Crippen molar-refractivity contribution in [1.82, 2.24) is 4.98 Å². The summed E-state index contributed by atoms with van der Waals surface area (Å²) in [4.78, 5) is 18.4. The van der Waals surface area contributed by atoms with Crippen LogP contribution in [0.15, 0.2) is 52.3 Å². The molecule has 2 heterocycles. The number of aliphatic imine (C=N–C) groups is 1. The summed E-state index contributed by atoms with van der Waals surface area (Å²) in [7, 11) is 0. The van der Waals surface area contributed by atoms with Crippen LogP contribution in [0.1, 0.15) is 10.4 Å². The minimum absolute atomic E-state index is 0.196. The van der Waals surface area contributed by atoms with Crippen molar-refractivity contribution in [1.29, 1.82) is 0 Å². The molecule has 3 aromatic rings. The zero-order valence-electron chi connectivity index (χ0n) is 13.0. The zero-order valence-corrected chi connectivity index (χ0v) is 13.8. The zero-order chi connectivity index (χ0) is 17.4. The molecule has 25 heavy (non-hydrogen) atoms. The second-order valence-electron chi connectivity index (χ2n) is 5.62. The van der Waals surface area contributed by atoms with Crippen molar-refractivity contribution in [2.24, 2.45) is 4.99 Å². The third kappa shape index (κ3) is 2.81. The van der Waals surface area contributed by atoms with E-state index in [-0.39, 0.29) is 23.0 Å². The van der Waals surface area contributed by atoms with Crippen molar-refractivity contribution in [2.75, 3.05) is 0 Å². The van der Waals surface area contributed by atoms with Crippen molar-refractivity contribution in [3.05, 3.63) is 78.8 Å². The Balaban J connectivity index is 2.03. The summed E-state index contributed by atoms with van der Waals surface area (Å²) in [5.41, 5.74) is 1.99. The lowest BCUT2D eigenvalue weighted by molar-refractivity contribution is 0.454. The summed E-state index contributed by atoms with van der Waals surface area (Å²) in [6.45, 7) is 0. The fraction of sp³-hybridized carbons (Fsp3) is 0.0526. The minimum Gasteiger partial charge on any atom is -0.493 e. The normalized spacial score (nSPS) is 13.5. The fourth-order valence-corrected chi connectivity index (χ4v) is 3.74. The number of aromatic nitrogens is 1. The van der Waals surface area contributed by atoms with Gasteiger partial charge in [-0.2, -0.15) is 0 Å². The van der Waals surface area contributed by atoms with Gasteiger partial charge < -0.3 is 5.11 Å². The van der Waals surface area contributed by atoms with Crippen molar-refractivity contribution < 1.29 is 9.50 Å². The Kier molecular flexibility index (Phi) is 3.82. The second kappa shape index (κ2) is 6.14. The molecule has 1 aliphatic rings. The maximum atomic E-state index is 14.2. The number of fused-ring (bicyclic) bond motifs is 1. The third-order valence-electron chi connectivity index (χ3n) is 4.09. The van der Waals surface area contributed by atoms with E-state index in [0.29, 0.717) is 16.0 Å². The van der Waals surface area contributed by atoms with Crippen LogP contribution in [-0.4, -0.2) is 16.3 Å². The van der Waals surface area contributed by atoms with E-state index in [1.54, 1.807) is 24.4 Å². The SMILES string of the molecule is O=c1[nH]c(O)c(C(Cc2ccccc2F)=c2cccc3c2=CC=N3)s1. The Bertz CT molecular complexity index is 1170. The molecule has 0 unspecified atom stereocenters. The number of benzene rings is 2. The lowest BCUT2D eigenvalue weighted by Crippen LogP contribution is -2.27. The molecule has 0 radical (unpaired) electrons. The monoisotopic (exact) mass is 352 g/mol. The average Bonchev–Trinajstić information content (AvgIpc) is 3.20. The van der Waals surface area contributed by atoms with Crippen LogP contribution in [0, 0.1) is 5.82 Å². The maximum Gasteiger partial charge on any atom is 0.307 e. The van der Waals surface area contributed by atoms with Crippen LogP contribution in [0.3, 0.4) is 0 Å². The van der Waals surface area contributed by atoms with E-state index in [4.69, 9.17) is 0 Å². The molecule has 0 aliphatic carbocycles. The Morgan fingerprint density at radius 2 is 2.04 bits per heavy atom. The predicted molar refractivity (Wildman–Crippen MR) is 97.5 cm³/mol. The summed E-state index contributed by atoms with van der Waals surface area (Å²) in [5.74, 6) is -0.520. The highest BCUT2D eigenvalue weighted by atomic mass is 32.1. The van der Waals surface area contributed by atoms with E-state index < -0.39 is 0 Å². The van der Waals surface area contributed by atoms with E-state index in [0.717, 1.165) is 27.5 Å². The van der Waals surface area contributed by atoms with Crippen LogP contribution in [0.4, 0.5) is 10.1 Å². The Hall–Kier alpha value is -2.99. The first kappa shape index (κ1) is 15.5. The number of aromatic amines is 1. The molecule has 2 N–H and O–H groups in total. The molecule has 0 fully saturated rings. The highest BCUT2D eigenvalue weighted by Crippen LogP contribution is 2.27. The molecule has 0 atom stereocenters. The summed E-state index contributed by atoms with van der Waals surface area (Å²) in [6, 6.07) is 12.1. The lowest BCUT2D eigenvalue weighted by atomic mass is 9.99. The number of nitrogens with zero attached hydrogens (tertiary/aromatic N) is 1. The standard InChI is InChI=1S/C19H13FN2O2S/c20-15-6-2-1-4-11(15)10-14(17-18(23)22-19(24)25-17)12-5-3-7-16-13(12)8-9-21-16/h1-9,23H,10H2,(H,22,24). The molecule has 0 spiro atoms. The van der Waals surface area contributed by atoms with E-state index >= 15 is 0 Å². The van der Waals surface area contributed by atoms with E-state index in [1.807, 2.05) is 24.3 Å².